The van der Waals surface area contributed by atoms with Crippen molar-refractivity contribution in [1.82, 2.24) is 0 Å². The van der Waals surface area contributed by atoms with Gasteiger partial charge in [0.2, 0.25) is 0 Å². The summed E-state index contributed by atoms with van der Waals surface area (Å²) in [5.74, 6) is 0.927. The number of ether oxygens (including phenoxy) is 1. The van der Waals surface area contributed by atoms with Crippen molar-refractivity contribution in [1.29, 1.82) is 0 Å². The summed E-state index contributed by atoms with van der Waals surface area (Å²) in [6.07, 6.45) is 1.01. The normalized spacial score (nSPS) is 10.2. The van der Waals surface area contributed by atoms with Gasteiger partial charge in [-0.1, -0.05) is 48.9 Å². The molecule has 0 radical (unpaired) electrons. The van der Waals surface area contributed by atoms with Crippen LogP contribution in [0, 0.1) is 0 Å². The summed E-state index contributed by atoms with van der Waals surface area (Å²) >= 11 is 5.89. The average Bonchev–Trinajstić information content (AvgIpc) is 2.38. The van der Waals surface area contributed by atoms with Gasteiger partial charge in [0.05, 0.1) is 6.61 Å². The van der Waals surface area contributed by atoms with E-state index in [1.54, 1.807) is 0 Å². The third-order valence-electron chi connectivity index (χ3n) is 2.50. The van der Waals surface area contributed by atoms with Crippen molar-refractivity contribution in [2.75, 3.05) is 6.61 Å². The number of halogens is 1. The van der Waals surface area contributed by atoms with Crippen LogP contribution in [-0.2, 0) is 0 Å². The summed E-state index contributed by atoms with van der Waals surface area (Å²) in [5.41, 5.74) is 2.23. The quantitative estimate of drug-likeness (QED) is 0.753. The molecular weight excluding hydrogens is 232 g/mol. The third-order valence-corrected chi connectivity index (χ3v) is 2.76. The van der Waals surface area contributed by atoms with E-state index in [0.717, 1.165) is 34.9 Å². The van der Waals surface area contributed by atoms with Crippen LogP contribution in [0.5, 0.6) is 5.75 Å². The molecule has 0 unspecified atom stereocenters. The second-order valence-corrected chi connectivity index (χ2v) is 4.29. The van der Waals surface area contributed by atoms with Crippen molar-refractivity contribution in [2.24, 2.45) is 0 Å². The summed E-state index contributed by atoms with van der Waals surface area (Å²) in [6, 6.07) is 15.9. The van der Waals surface area contributed by atoms with Gasteiger partial charge in [-0.15, -0.1) is 0 Å². The zero-order chi connectivity index (χ0) is 12.1. The molecule has 0 aliphatic rings. The lowest BCUT2D eigenvalue weighted by atomic mass is 10.1. The van der Waals surface area contributed by atoms with Gasteiger partial charge in [0.1, 0.15) is 5.75 Å². The predicted molar refractivity (Wildman–Crippen MR) is 72.7 cm³/mol. The molecule has 0 saturated heterocycles. The minimum Gasteiger partial charge on any atom is -0.493 e. The Labute approximate surface area is 107 Å². The maximum atomic E-state index is 5.89. The molecule has 1 nitrogen and oxygen atoms in total. The molecule has 0 bridgehead atoms. The molecule has 2 aromatic carbocycles. The molecule has 2 heteroatoms. The van der Waals surface area contributed by atoms with Gasteiger partial charge in [0.25, 0.3) is 0 Å². The van der Waals surface area contributed by atoms with Crippen LogP contribution in [0.3, 0.4) is 0 Å². The fourth-order valence-electron chi connectivity index (χ4n) is 1.67. The highest BCUT2D eigenvalue weighted by Gasteiger charge is 2.04. The topological polar surface area (TPSA) is 9.23 Å². The van der Waals surface area contributed by atoms with Crippen molar-refractivity contribution in [3.05, 3.63) is 53.6 Å². The Kier molecular flexibility index (Phi) is 4.05. The monoisotopic (exact) mass is 246 g/mol. The summed E-state index contributed by atoms with van der Waals surface area (Å²) < 4.78 is 5.74. The van der Waals surface area contributed by atoms with E-state index < -0.39 is 0 Å². The SMILES string of the molecule is CCCOc1ccccc1-c1ccc(Cl)cc1. The van der Waals surface area contributed by atoms with E-state index in [4.69, 9.17) is 16.3 Å². The highest BCUT2D eigenvalue weighted by Crippen LogP contribution is 2.30. The first-order chi connectivity index (χ1) is 8.31. The third kappa shape index (κ3) is 3.01. The fourth-order valence-corrected chi connectivity index (χ4v) is 1.80. The molecule has 2 rings (SSSR count). The largest absolute Gasteiger partial charge is 0.493 e. The van der Waals surface area contributed by atoms with Crippen LogP contribution in [0.4, 0.5) is 0 Å². The zero-order valence-electron chi connectivity index (χ0n) is 9.82. The molecule has 0 saturated carbocycles. The molecule has 0 spiro atoms. The number of hydrogen-bond donors (Lipinski definition) is 0. The van der Waals surface area contributed by atoms with E-state index in [0.29, 0.717) is 0 Å². The molecule has 0 amide bonds. The van der Waals surface area contributed by atoms with Crippen molar-refractivity contribution in [3.8, 4) is 16.9 Å². The van der Waals surface area contributed by atoms with Crippen molar-refractivity contribution in [3.63, 3.8) is 0 Å². The summed E-state index contributed by atoms with van der Waals surface area (Å²) in [5, 5.41) is 0.751. The molecule has 17 heavy (non-hydrogen) atoms. The van der Waals surface area contributed by atoms with Gasteiger partial charge in [-0.2, -0.15) is 0 Å². The van der Waals surface area contributed by atoms with E-state index in [2.05, 4.69) is 13.0 Å². The summed E-state index contributed by atoms with van der Waals surface area (Å²) in [6.45, 7) is 2.84. The molecular formula is C15H15ClO. The number of hydrogen-bond acceptors (Lipinski definition) is 1. The van der Waals surface area contributed by atoms with Crippen LogP contribution in [0.2, 0.25) is 5.02 Å². The molecule has 0 aromatic heterocycles. The summed E-state index contributed by atoms with van der Waals surface area (Å²) in [4.78, 5) is 0. The first kappa shape index (κ1) is 12.0. The van der Waals surface area contributed by atoms with E-state index in [1.165, 1.54) is 0 Å². The van der Waals surface area contributed by atoms with Gasteiger partial charge in [-0.25, -0.2) is 0 Å². The highest BCUT2D eigenvalue weighted by atomic mass is 35.5. The molecule has 0 aliphatic carbocycles. The van der Waals surface area contributed by atoms with E-state index in [1.807, 2.05) is 42.5 Å². The lowest BCUT2D eigenvalue weighted by molar-refractivity contribution is 0.318. The fraction of sp³-hybridized carbons (Fsp3) is 0.200. The Bertz CT molecular complexity index is 477. The van der Waals surface area contributed by atoms with Crippen LogP contribution in [0.1, 0.15) is 13.3 Å². The molecule has 0 fully saturated rings. The minimum absolute atomic E-state index is 0.741. The van der Waals surface area contributed by atoms with Gasteiger partial charge < -0.3 is 4.74 Å². The highest BCUT2D eigenvalue weighted by molar-refractivity contribution is 6.30. The maximum Gasteiger partial charge on any atom is 0.127 e. The van der Waals surface area contributed by atoms with Gasteiger partial charge >= 0.3 is 0 Å². The molecule has 0 heterocycles. The Balaban J connectivity index is 2.33. The number of para-hydroxylation sites is 1. The predicted octanol–water partition coefficient (Wildman–Crippen LogP) is 4.80. The maximum absolute atomic E-state index is 5.89. The lowest BCUT2D eigenvalue weighted by Gasteiger charge is -2.10. The van der Waals surface area contributed by atoms with Crippen LogP contribution in [0.15, 0.2) is 48.5 Å². The van der Waals surface area contributed by atoms with E-state index >= 15 is 0 Å². The Hall–Kier alpha value is -1.47. The minimum atomic E-state index is 0.741. The molecule has 0 atom stereocenters. The zero-order valence-corrected chi connectivity index (χ0v) is 10.6. The average molecular weight is 247 g/mol. The Morgan fingerprint density at radius 1 is 1.00 bits per heavy atom. The smallest absolute Gasteiger partial charge is 0.127 e. The molecule has 0 N–H and O–H groups in total. The number of rotatable bonds is 4. The van der Waals surface area contributed by atoms with Crippen molar-refractivity contribution >= 4 is 11.6 Å². The van der Waals surface area contributed by atoms with Crippen LogP contribution >= 0.6 is 11.6 Å². The Morgan fingerprint density at radius 2 is 1.71 bits per heavy atom. The second kappa shape index (κ2) is 5.74. The van der Waals surface area contributed by atoms with Crippen LogP contribution in [-0.4, -0.2) is 6.61 Å². The second-order valence-electron chi connectivity index (χ2n) is 3.85. The summed E-state index contributed by atoms with van der Waals surface area (Å²) in [7, 11) is 0. The first-order valence-corrected chi connectivity index (χ1v) is 6.17. The van der Waals surface area contributed by atoms with Gasteiger partial charge in [-0.05, 0) is 30.2 Å². The lowest BCUT2D eigenvalue weighted by Crippen LogP contribution is -1.96. The number of benzene rings is 2. The van der Waals surface area contributed by atoms with Gasteiger partial charge in [0.15, 0.2) is 0 Å². The van der Waals surface area contributed by atoms with E-state index in [-0.39, 0.29) is 0 Å². The van der Waals surface area contributed by atoms with Crippen LogP contribution < -0.4 is 4.74 Å². The molecule has 0 aliphatic heterocycles. The molecule has 88 valence electrons. The van der Waals surface area contributed by atoms with E-state index in [9.17, 15) is 0 Å². The van der Waals surface area contributed by atoms with Gasteiger partial charge in [0, 0.05) is 10.6 Å². The Morgan fingerprint density at radius 3 is 2.41 bits per heavy atom. The first-order valence-electron chi connectivity index (χ1n) is 5.79. The van der Waals surface area contributed by atoms with Crippen LogP contribution in [0.25, 0.3) is 11.1 Å². The van der Waals surface area contributed by atoms with Gasteiger partial charge in [-0.3, -0.25) is 0 Å². The molecule has 2 aromatic rings. The van der Waals surface area contributed by atoms with Crippen molar-refractivity contribution in [2.45, 2.75) is 13.3 Å². The van der Waals surface area contributed by atoms with Crippen molar-refractivity contribution < 1.29 is 4.74 Å². The standard InChI is InChI=1S/C15H15ClO/c1-2-11-17-15-6-4-3-5-14(15)12-7-9-13(16)10-8-12/h3-10H,2,11H2,1H3.